The van der Waals surface area contributed by atoms with E-state index in [1.807, 2.05) is 0 Å². The topological polar surface area (TPSA) is 0 Å². The van der Waals surface area contributed by atoms with Gasteiger partial charge in [0.05, 0.1) is 0 Å². The summed E-state index contributed by atoms with van der Waals surface area (Å²) < 4.78 is 0. The molecule has 0 aliphatic heterocycles. The van der Waals surface area contributed by atoms with E-state index in [-0.39, 0.29) is 0 Å². The molecule has 0 unspecified atom stereocenters. The van der Waals surface area contributed by atoms with Crippen LogP contribution in [0.4, 0.5) is 0 Å². The van der Waals surface area contributed by atoms with Gasteiger partial charge in [-0.3, -0.25) is 0 Å². The van der Waals surface area contributed by atoms with Crippen molar-refractivity contribution < 1.29 is 0 Å². The Kier molecular flexibility index (Phi) is 16.5. The Morgan fingerprint density at radius 1 is 0.429 bits per heavy atom. The third kappa shape index (κ3) is 11.9. The average molecular weight is 387 g/mol. The lowest BCUT2D eigenvalue weighted by atomic mass is 9.90. The fourth-order valence-corrected chi connectivity index (χ4v) is 4.40. The molecule has 0 aromatic heterocycles. The van der Waals surface area contributed by atoms with Crippen LogP contribution in [0.1, 0.15) is 140 Å². The highest BCUT2D eigenvalue weighted by Gasteiger charge is 2.09. The zero-order valence-electron chi connectivity index (χ0n) is 19.7. The highest BCUT2D eigenvalue weighted by Crippen LogP contribution is 2.23. The SMILES string of the molecule is CCCCCCCCc1cccc(CCCCCCC)c1CCCCCCC. The Morgan fingerprint density at radius 2 is 0.786 bits per heavy atom. The minimum Gasteiger partial charge on any atom is -0.0654 e. The first-order valence-corrected chi connectivity index (χ1v) is 12.9. The van der Waals surface area contributed by atoms with Crippen LogP contribution in [-0.4, -0.2) is 0 Å². The van der Waals surface area contributed by atoms with Crippen LogP contribution >= 0.6 is 0 Å². The normalized spacial score (nSPS) is 11.2. The van der Waals surface area contributed by atoms with E-state index in [9.17, 15) is 0 Å². The van der Waals surface area contributed by atoms with E-state index in [4.69, 9.17) is 0 Å². The second-order valence-corrected chi connectivity index (χ2v) is 8.90. The molecule has 0 saturated heterocycles. The second kappa shape index (κ2) is 18.3. The molecular weight excluding hydrogens is 336 g/mol. The van der Waals surface area contributed by atoms with Crippen LogP contribution in [0.2, 0.25) is 0 Å². The van der Waals surface area contributed by atoms with E-state index in [0.717, 1.165) is 0 Å². The number of hydrogen-bond donors (Lipinski definition) is 0. The van der Waals surface area contributed by atoms with Gasteiger partial charge in [0.25, 0.3) is 0 Å². The van der Waals surface area contributed by atoms with Crippen molar-refractivity contribution in [1.82, 2.24) is 0 Å². The van der Waals surface area contributed by atoms with Crippen molar-refractivity contribution >= 4 is 0 Å². The van der Waals surface area contributed by atoms with E-state index >= 15 is 0 Å². The maximum absolute atomic E-state index is 2.44. The van der Waals surface area contributed by atoms with Gasteiger partial charge in [0, 0.05) is 0 Å². The maximum atomic E-state index is 2.44. The summed E-state index contributed by atoms with van der Waals surface area (Å²) >= 11 is 0. The second-order valence-electron chi connectivity index (χ2n) is 8.90. The molecular formula is C28H50. The Hall–Kier alpha value is -0.780. The van der Waals surface area contributed by atoms with Gasteiger partial charge in [-0.15, -0.1) is 0 Å². The predicted octanol–water partition coefficient (Wildman–Crippen LogP) is 9.62. The van der Waals surface area contributed by atoms with Crippen molar-refractivity contribution in [3.05, 3.63) is 34.9 Å². The predicted molar refractivity (Wildman–Crippen MR) is 128 cm³/mol. The molecule has 1 aromatic carbocycles. The molecule has 0 atom stereocenters. The van der Waals surface area contributed by atoms with Crippen molar-refractivity contribution in [2.45, 2.75) is 143 Å². The molecule has 162 valence electrons. The number of rotatable bonds is 19. The summed E-state index contributed by atoms with van der Waals surface area (Å²) in [4.78, 5) is 0. The van der Waals surface area contributed by atoms with Gasteiger partial charge in [-0.25, -0.2) is 0 Å². The van der Waals surface area contributed by atoms with Crippen molar-refractivity contribution in [3.63, 3.8) is 0 Å². The largest absolute Gasteiger partial charge is 0.0654 e. The third-order valence-corrected chi connectivity index (χ3v) is 6.25. The number of aryl methyl sites for hydroxylation is 2. The number of hydrogen-bond acceptors (Lipinski definition) is 0. The quantitative estimate of drug-likeness (QED) is 0.208. The first kappa shape index (κ1) is 25.3. The van der Waals surface area contributed by atoms with Crippen molar-refractivity contribution in [3.8, 4) is 0 Å². The summed E-state index contributed by atoms with van der Waals surface area (Å²) in [6.45, 7) is 6.93. The maximum Gasteiger partial charge on any atom is -0.0273 e. The molecule has 0 N–H and O–H groups in total. The Balaban J connectivity index is 2.58. The minimum atomic E-state index is 1.30. The lowest BCUT2D eigenvalue weighted by Crippen LogP contribution is -2.02. The van der Waals surface area contributed by atoms with Gasteiger partial charge >= 0.3 is 0 Å². The van der Waals surface area contributed by atoms with Gasteiger partial charge < -0.3 is 0 Å². The van der Waals surface area contributed by atoms with Crippen LogP contribution in [0.15, 0.2) is 18.2 Å². The van der Waals surface area contributed by atoms with E-state index in [0.29, 0.717) is 0 Å². The van der Waals surface area contributed by atoms with Crippen molar-refractivity contribution in [2.75, 3.05) is 0 Å². The van der Waals surface area contributed by atoms with E-state index in [1.54, 1.807) is 16.7 Å². The van der Waals surface area contributed by atoms with E-state index in [2.05, 4.69) is 39.0 Å². The lowest BCUT2D eigenvalue weighted by molar-refractivity contribution is 0.601. The molecule has 0 amide bonds. The molecule has 0 spiro atoms. The summed E-state index contributed by atoms with van der Waals surface area (Å²) in [6, 6.07) is 7.22. The van der Waals surface area contributed by atoms with Gasteiger partial charge in [0.15, 0.2) is 0 Å². The van der Waals surface area contributed by atoms with Gasteiger partial charge in [-0.05, 0) is 55.2 Å². The molecule has 0 aliphatic carbocycles. The van der Waals surface area contributed by atoms with Crippen LogP contribution in [0.3, 0.4) is 0 Å². The van der Waals surface area contributed by atoms with E-state index < -0.39 is 0 Å². The summed E-state index contributed by atoms with van der Waals surface area (Å²) in [6.07, 6.45) is 26.3. The number of unbranched alkanes of at least 4 members (excludes halogenated alkanes) is 13. The molecule has 1 rings (SSSR count). The molecule has 0 aliphatic rings. The van der Waals surface area contributed by atoms with Crippen molar-refractivity contribution in [2.24, 2.45) is 0 Å². The van der Waals surface area contributed by atoms with Crippen LogP contribution < -0.4 is 0 Å². The molecule has 0 radical (unpaired) electrons. The average Bonchev–Trinajstić information content (AvgIpc) is 2.71. The fraction of sp³-hybridized carbons (Fsp3) is 0.786. The molecule has 28 heavy (non-hydrogen) atoms. The van der Waals surface area contributed by atoms with E-state index in [1.165, 1.54) is 122 Å². The Labute approximate surface area is 177 Å². The van der Waals surface area contributed by atoms with Crippen LogP contribution in [0, 0.1) is 0 Å². The fourth-order valence-electron chi connectivity index (χ4n) is 4.40. The molecule has 1 aromatic rings. The molecule has 0 heteroatoms. The van der Waals surface area contributed by atoms with Crippen molar-refractivity contribution in [1.29, 1.82) is 0 Å². The highest BCUT2D eigenvalue weighted by atomic mass is 14.1. The van der Waals surface area contributed by atoms with Gasteiger partial charge in [-0.1, -0.05) is 122 Å². The van der Waals surface area contributed by atoms with Gasteiger partial charge in [0.1, 0.15) is 0 Å². The summed E-state index contributed by atoms with van der Waals surface area (Å²) in [7, 11) is 0. The van der Waals surface area contributed by atoms with Crippen LogP contribution in [0.25, 0.3) is 0 Å². The first-order valence-electron chi connectivity index (χ1n) is 12.9. The zero-order valence-corrected chi connectivity index (χ0v) is 19.7. The van der Waals surface area contributed by atoms with Crippen LogP contribution in [-0.2, 0) is 19.3 Å². The Morgan fingerprint density at radius 3 is 1.21 bits per heavy atom. The standard InChI is InChI=1S/C28H50/c1-4-7-10-13-16-18-22-27-24-20-23-26(21-17-14-11-8-5-2)28(27)25-19-15-12-9-6-3/h20,23-24H,4-19,21-22,25H2,1-3H3. The number of benzene rings is 1. The summed E-state index contributed by atoms with van der Waals surface area (Å²) in [5, 5.41) is 0. The summed E-state index contributed by atoms with van der Waals surface area (Å²) in [5.41, 5.74) is 5.09. The Bertz CT molecular complexity index is 459. The van der Waals surface area contributed by atoms with Crippen LogP contribution in [0.5, 0.6) is 0 Å². The smallest absolute Gasteiger partial charge is 0.0273 e. The van der Waals surface area contributed by atoms with Gasteiger partial charge in [-0.2, -0.15) is 0 Å². The molecule has 0 nitrogen and oxygen atoms in total. The monoisotopic (exact) mass is 386 g/mol. The molecule has 0 bridgehead atoms. The van der Waals surface area contributed by atoms with Gasteiger partial charge in [0.2, 0.25) is 0 Å². The third-order valence-electron chi connectivity index (χ3n) is 6.25. The molecule has 0 heterocycles. The first-order chi connectivity index (χ1) is 13.8. The highest BCUT2D eigenvalue weighted by molar-refractivity contribution is 5.36. The lowest BCUT2D eigenvalue weighted by Gasteiger charge is -2.16. The molecule has 0 fully saturated rings. The molecule has 0 saturated carbocycles. The minimum absolute atomic E-state index is 1.30. The summed E-state index contributed by atoms with van der Waals surface area (Å²) in [5.74, 6) is 0. The zero-order chi connectivity index (χ0) is 20.3.